The van der Waals surface area contributed by atoms with E-state index < -0.39 is 18.2 Å². The number of rotatable bonds is 3. The molecular formula is C8H13F3N2O3S. The van der Waals surface area contributed by atoms with E-state index in [1.165, 1.54) is 0 Å². The van der Waals surface area contributed by atoms with Crippen molar-refractivity contribution in [2.45, 2.75) is 29.8 Å². The van der Waals surface area contributed by atoms with Crippen LogP contribution in [0.5, 0.6) is 0 Å². The third-order valence-corrected chi connectivity index (χ3v) is 3.74. The van der Waals surface area contributed by atoms with Crippen molar-refractivity contribution < 1.29 is 27.9 Å². The summed E-state index contributed by atoms with van der Waals surface area (Å²) in [7, 11) is 0. The van der Waals surface area contributed by atoms with Crippen molar-refractivity contribution in [1.29, 1.82) is 0 Å². The van der Waals surface area contributed by atoms with Gasteiger partial charge >= 0.3 is 12.1 Å². The van der Waals surface area contributed by atoms with Crippen molar-refractivity contribution in [3.05, 3.63) is 0 Å². The van der Waals surface area contributed by atoms with Gasteiger partial charge in [-0.25, -0.2) is 4.79 Å². The molecule has 5 N–H and O–H groups in total. The van der Waals surface area contributed by atoms with E-state index in [1.54, 1.807) is 11.8 Å². The highest BCUT2D eigenvalue weighted by Gasteiger charge is 2.49. The van der Waals surface area contributed by atoms with Gasteiger partial charge in [0.1, 0.15) is 0 Å². The number of carboxylic acid groups (broad SMARTS) is 1. The molecule has 1 aliphatic rings. The van der Waals surface area contributed by atoms with Gasteiger partial charge in [0.2, 0.25) is 5.91 Å². The standard InChI is InChI=1S/C6H12N2OS.C2HF3O2/c1-10-6(2-3-6)4(7)5(8)9;3-2(4,5)1(6)7/h4H,2-3,7H2,1H3,(H2,8,9);(H,6,7). The highest BCUT2D eigenvalue weighted by Crippen LogP contribution is 2.49. The van der Waals surface area contributed by atoms with Crippen LogP contribution >= 0.6 is 11.8 Å². The fourth-order valence-electron chi connectivity index (χ4n) is 1.02. The molecule has 1 amide bonds. The average Bonchev–Trinajstić information content (AvgIpc) is 2.96. The topological polar surface area (TPSA) is 106 Å². The smallest absolute Gasteiger partial charge is 0.475 e. The van der Waals surface area contributed by atoms with Crippen LogP contribution in [0, 0.1) is 0 Å². The fraction of sp³-hybridized carbons (Fsp3) is 0.750. The molecule has 100 valence electrons. The highest BCUT2D eigenvalue weighted by molar-refractivity contribution is 8.00. The Morgan fingerprint density at radius 1 is 1.41 bits per heavy atom. The van der Waals surface area contributed by atoms with Crippen LogP contribution in [0.15, 0.2) is 0 Å². The lowest BCUT2D eigenvalue weighted by Gasteiger charge is -2.16. The summed E-state index contributed by atoms with van der Waals surface area (Å²) in [5, 5.41) is 7.12. The Bertz CT molecular complexity index is 305. The summed E-state index contributed by atoms with van der Waals surface area (Å²) in [5.74, 6) is -3.14. The lowest BCUT2D eigenvalue weighted by Crippen LogP contribution is -2.45. The van der Waals surface area contributed by atoms with E-state index >= 15 is 0 Å². The maximum atomic E-state index is 10.6. The number of hydrogen-bond donors (Lipinski definition) is 3. The number of nitrogens with two attached hydrogens (primary N) is 2. The number of carbonyl (C=O) groups excluding carboxylic acids is 1. The molecular weight excluding hydrogens is 261 g/mol. The minimum absolute atomic E-state index is 0.00810. The molecule has 0 spiro atoms. The molecule has 1 rings (SSSR count). The molecule has 1 aliphatic carbocycles. The summed E-state index contributed by atoms with van der Waals surface area (Å²) in [6.07, 6.45) is -1.06. The van der Waals surface area contributed by atoms with Crippen molar-refractivity contribution >= 4 is 23.6 Å². The van der Waals surface area contributed by atoms with Crippen LogP contribution in [0.4, 0.5) is 13.2 Å². The van der Waals surface area contributed by atoms with E-state index in [0.29, 0.717) is 0 Å². The monoisotopic (exact) mass is 274 g/mol. The van der Waals surface area contributed by atoms with Crippen LogP contribution in [-0.2, 0) is 9.59 Å². The molecule has 0 aliphatic heterocycles. The predicted molar refractivity (Wildman–Crippen MR) is 56.3 cm³/mol. The Morgan fingerprint density at radius 3 is 1.82 bits per heavy atom. The van der Waals surface area contributed by atoms with Crippen molar-refractivity contribution in [2.75, 3.05) is 6.26 Å². The maximum absolute atomic E-state index is 10.6. The molecule has 1 saturated carbocycles. The summed E-state index contributed by atoms with van der Waals surface area (Å²) in [5.41, 5.74) is 10.6. The minimum atomic E-state index is -5.08. The molecule has 0 aromatic heterocycles. The van der Waals surface area contributed by atoms with E-state index in [-0.39, 0.29) is 10.7 Å². The summed E-state index contributed by atoms with van der Waals surface area (Å²) in [6, 6.07) is -0.456. The number of amides is 1. The summed E-state index contributed by atoms with van der Waals surface area (Å²) >= 11 is 1.65. The van der Waals surface area contributed by atoms with Crippen molar-refractivity contribution in [2.24, 2.45) is 11.5 Å². The van der Waals surface area contributed by atoms with Crippen LogP contribution in [0.3, 0.4) is 0 Å². The van der Waals surface area contributed by atoms with Gasteiger partial charge in [-0.1, -0.05) is 0 Å². The van der Waals surface area contributed by atoms with Gasteiger partial charge in [0, 0.05) is 4.75 Å². The number of primary amides is 1. The zero-order valence-corrected chi connectivity index (χ0v) is 9.77. The van der Waals surface area contributed by atoms with Crippen LogP contribution in [0.25, 0.3) is 0 Å². The first-order valence-corrected chi connectivity index (χ1v) is 5.69. The second kappa shape index (κ2) is 5.58. The van der Waals surface area contributed by atoms with Crippen LogP contribution < -0.4 is 11.5 Å². The van der Waals surface area contributed by atoms with Gasteiger partial charge in [0.15, 0.2) is 0 Å². The molecule has 1 atom stereocenters. The minimum Gasteiger partial charge on any atom is -0.475 e. The molecule has 1 fully saturated rings. The third-order valence-electron chi connectivity index (χ3n) is 2.27. The summed E-state index contributed by atoms with van der Waals surface area (Å²) in [6.45, 7) is 0. The average molecular weight is 274 g/mol. The molecule has 0 heterocycles. The van der Waals surface area contributed by atoms with Gasteiger partial charge in [-0.05, 0) is 19.1 Å². The number of carboxylic acids is 1. The Hall–Kier alpha value is -0.960. The SMILES string of the molecule is CSC1(C(N)C(N)=O)CC1.O=C(O)C(F)(F)F. The number of hydrogen-bond acceptors (Lipinski definition) is 4. The lowest BCUT2D eigenvalue weighted by atomic mass is 10.2. The van der Waals surface area contributed by atoms with Gasteiger partial charge in [0.05, 0.1) is 6.04 Å². The van der Waals surface area contributed by atoms with Gasteiger partial charge in [0.25, 0.3) is 0 Å². The Labute approximate surface area is 99.7 Å². The van der Waals surface area contributed by atoms with Crippen LogP contribution in [-0.4, -0.2) is 40.2 Å². The molecule has 0 aromatic rings. The van der Waals surface area contributed by atoms with E-state index in [9.17, 15) is 18.0 Å². The first-order chi connectivity index (χ1) is 7.57. The quantitative estimate of drug-likeness (QED) is 0.687. The fourth-order valence-corrected chi connectivity index (χ4v) is 1.90. The predicted octanol–water partition coefficient (Wildman–Crippen LogP) is 0.328. The molecule has 9 heteroatoms. The van der Waals surface area contributed by atoms with Crippen molar-refractivity contribution in [1.82, 2.24) is 0 Å². The van der Waals surface area contributed by atoms with E-state index in [4.69, 9.17) is 21.4 Å². The normalized spacial score (nSPS) is 18.6. The van der Waals surface area contributed by atoms with Crippen molar-refractivity contribution in [3.8, 4) is 0 Å². The number of thioether (sulfide) groups is 1. The Morgan fingerprint density at radius 2 is 1.76 bits per heavy atom. The van der Waals surface area contributed by atoms with Gasteiger partial charge in [-0.2, -0.15) is 24.9 Å². The van der Waals surface area contributed by atoms with Crippen molar-refractivity contribution in [3.63, 3.8) is 0 Å². The third kappa shape index (κ3) is 4.82. The zero-order valence-electron chi connectivity index (χ0n) is 8.95. The van der Waals surface area contributed by atoms with Gasteiger partial charge in [-0.15, -0.1) is 0 Å². The molecule has 0 aromatic carbocycles. The van der Waals surface area contributed by atoms with E-state index in [0.717, 1.165) is 12.8 Å². The zero-order chi connectivity index (χ0) is 13.9. The number of halogens is 3. The maximum Gasteiger partial charge on any atom is 0.490 e. The lowest BCUT2D eigenvalue weighted by molar-refractivity contribution is -0.192. The number of carbonyl (C=O) groups is 2. The second-order valence-corrected chi connectivity index (χ2v) is 4.67. The molecule has 0 bridgehead atoms. The summed E-state index contributed by atoms with van der Waals surface area (Å²) in [4.78, 5) is 19.5. The first kappa shape index (κ1) is 16.0. The van der Waals surface area contributed by atoms with E-state index in [1.807, 2.05) is 6.26 Å². The first-order valence-electron chi connectivity index (χ1n) is 4.47. The van der Waals surface area contributed by atoms with Gasteiger partial charge < -0.3 is 16.6 Å². The molecule has 1 unspecified atom stereocenters. The van der Waals surface area contributed by atoms with Crippen LogP contribution in [0.2, 0.25) is 0 Å². The second-order valence-electron chi connectivity index (χ2n) is 3.45. The number of alkyl halides is 3. The highest BCUT2D eigenvalue weighted by atomic mass is 32.2. The van der Waals surface area contributed by atoms with Crippen LogP contribution in [0.1, 0.15) is 12.8 Å². The van der Waals surface area contributed by atoms with E-state index in [2.05, 4.69) is 0 Å². The van der Waals surface area contributed by atoms with Gasteiger partial charge in [-0.3, -0.25) is 4.79 Å². The Balaban J connectivity index is 0.000000325. The molecule has 5 nitrogen and oxygen atoms in total. The largest absolute Gasteiger partial charge is 0.490 e. The number of aliphatic carboxylic acids is 1. The Kier molecular flexibility index (Phi) is 5.27. The molecule has 0 saturated heterocycles. The summed E-state index contributed by atoms with van der Waals surface area (Å²) < 4.78 is 31.7. The molecule has 17 heavy (non-hydrogen) atoms. The molecule has 0 radical (unpaired) electrons.